The second kappa shape index (κ2) is 5.50. The van der Waals surface area contributed by atoms with Crippen LogP contribution >= 0.6 is 27.7 Å². The summed E-state index contributed by atoms with van der Waals surface area (Å²) in [6.45, 7) is 0. The number of nitro groups is 1. The number of hydrogen-bond acceptors (Lipinski definition) is 8. The fourth-order valence-electron chi connectivity index (χ4n) is 1.87. The molecule has 3 aromatic rings. The maximum atomic E-state index is 11.2. The maximum absolute atomic E-state index is 11.2. The summed E-state index contributed by atoms with van der Waals surface area (Å²) in [7, 11) is 0. The molecule has 2 N–H and O–H groups in total. The van der Waals surface area contributed by atoms with E-state index in [-0.39, 0.29) is 28.8 Å². The zero-order chi connectivity index (χ0) is 15.9. The molecule has 22 heavy (non-hydrogen) atoms. The molecular formula is C11H8BrN7O2S. The number of nitrogens with two attached hydrogens (primary N) is 1. The van der Waals surface area contributed by atoms with Crippen molar-refractivity contribution >= 4 is 45.1 Å². The first kappa shape index (κ1) is 14.7. The summed E-state index contributed by atoms with van der Waals surface area (Å²) >= 11 is 4.60. The molecule has 0 atom stereocenters. The van der Waals surface area contributed by atoms with Crippen LogP contribution in [0.5, 0.6) is 0 Å². The van der Waals surface area contributed by atoms with Crippen LogP contribution in [0.1, 0.15) is 0 Å². The largest absolute Gasteiger partial charge is 0.368 e. The highest BCUT2D eigenvalue weighted by atomic mass is 79.9. The molecule has 0 spiro atoms. The Balaban J connectivity index is 2.28. The van der Waals surface area contributed by atoms with Crippen LogP contribution in [0.4, 0.5) is 11.6 Å². The van der Waals surface area contributed by atoms with Crippen LogP contribution in [0.3, 0.4) is 0 Å². The third kappa shape index (κ3) is 2.37. The SMILES string of the molecule is CSc1nc(N)n2nc(-c3c(Br)cccc3[N+](=O)[O-])nc2n1. The fourth-order valence-corrected chi connectivity index (χ4v) is 2.76. The van der Waals surface area contributed by atoms with Crippen LogP contribution in [0, 0.1) is 10.1 Å². The van der Waals surface area contributed by atoms with Gasteiger partial charge in [0.25, 0.3) is 11.5 Å². The summed E-state index contributed by atoms with van der Waals surface area (Å²) in [6.07, 6.45) is 1.81. The van der Waals surface area contributed by atoms with E-state index < -0.39 is 4.92 Å². The molecule has 2 aromatic heterocycles. The molecule has 11 heteroatoms. The van der Waals surface area contributed by atoms with E-state index in [0.29, 0.717) is 9.63 Å². The van der Waals surface area contributed by atoms with Crippen molar-refractivity contribution in [3.8, 4) is 11.4 Å². The standard InChI is InChI=1S/C11H8BrN7O2S/c1-22-11-15-9(13)18-10(16-11)14-8(17-18)7-5(12)3-2-4-6(7)19(20)21/h2-4H,1H3,(H2,13,14,15,16,17). The minimum absolute atomic E-state index is 0.109. The first-order valence-corrected chi connectivity index (χ1v) is 7.90. The molecular weight excluding hydrogens is 374 g/mol. The number of aromatic nitrogens is 5. The van der Waals surface area contributed by atoms with E-state index in [1.54, 1.807) is 18.4 Å². The molecule has 0 aliphatic carbocycles. The van der Waals surface area contributed by atoms with Crippen LogP contribution in [0.15, 0.2) is 27.8 Å². The van der Waals surface area contributed by atoms with E-state index in [4.69, 9.17) is 5.73 Å². The minimum atomic E-state index is -0.492. The molecule has 0 radical (unpaired) electrons. The normalized spacial score (nSPS) is 11.0. The van der Waals surface area contributed by atoms with Crippen LogP contribution in [-0.4, -0.2) is 35.7 Å². The molecule has 0 fully saturated rings. The number of hydrogen-bond donors (Lipinski definition) is 1. The molecule has 0 unspecified atom stereocenters. The second-order valence-corrected chi connectivity index (χ2v) is 5.73. The summed E-state index contributed by atoms with van der Waals surface area (Å²) in [5, 5.41) is 15.8. The molecule has 1 aromatic carbocycles. The van der Waals surface area contributed by atoms with Crippen molar-refractivity contribution in [1.29, 1.82) is 0 Å². The van der Waals surface area contributed by atoms with Gasteiger partial charge in [0, 0.05) is 10.5 Å². The lowest BCUT2D eigenvalue weighted by molar-refractivity contribution is -0.384. The van der Waals surface area contributed by atoms with E-state index in [1.165, 1.54) is 22.3 Å². The minimum Gasteiger partial charge on any atom is -0.368 e. The van der Waals surface area contributed by atoms with Gasteiger partial charge in [-0.05, 0) is 28.3 Å². The monoisotopic (exact) mass is 381 g/mol. The number of anilines is 1. The van der Waals surface area contributed by atoms with Gasteiger partial charge in [-0.3, -0.25) is 10.1 Å². The fraction of sp³-hybridized carbons (Fsp3) is 0.0909. The number of nitrogens with zero attached hydrogens (tertiary/aromatic N) is 6. The molecule has 0 aliphatic heterocycles. The van der Waals surface area contributed by atoms with Gasteiger partial charge in [0.05, 0.1) is 4.92 Å². The van der Waals surface area contributed by atoms with Crippen LogP contribution in [-0.2, 0) is 0 Å². The highest BCUT2D eigenvalue weighted by Crippen LogP contribution is 2.34. The Morgan fingerprint density at radius 2 is 2.14 bits per heavy atom. The zero-order valence-corrected chi connectivity index (χ0v) is 13.5. The molecule has 0 saturated heterocycles. The predicted molar refractivity (Wildman–Crippen MR) is 84.6 cm³/mol. The van der Waals surface area contributed by atoms with Gasteiger partial charge in [-0.15, -0.1) is 5.10 Å². The Hall–Kier alpha value is -2.27. The average molecular weight is 382 g/mol. The van der Waals surface area contributed by atoms with Gasteiger partial charge in [-0.2, -0.15) is 19.5 Å². The van der Waals surface area contributed by atoms with Crippen LogP contribution in [0.2, 0.25) is 0 Å². The third-order valence-electron chi connectivity index (χ3n) is 2.81. The maximum Gasteiger partial charge on any atom is 0.281 e. The van der Waals surface area contributed by atoms with Gasteiger partial charge < -0.3 is 5.73 Å². The summed E-state index contributed by atoms with van der Waals surface area (Å²) in [6, 6.07) is 4.63. The lowest BCUT2D eigenvalue weighted by Crippen LogP contribution is -2.04. The lowest BCUT2D eigenvalue weighted by Gasteiger charge is -2.00. The predicted octanol–water partition coefficient (Wildman–Crippen LogP) is 2.16. The Bertz CT molecular complexity index is 898. The van der Waals surface area contributed by atoms with E-state index >= 15 is 0 Å². The van der Waals surface area contributed by atoms with Gasteiger partial charge in [0.1, 0.15) is 5.56 Å². The van der Waals surface area contributed by atoms with Crippen LogP contribution < -0.4 is 5.73 Å². The van der Waals surface area contributed by atoms with Gasteiger partial charge in [-0.25, -0.2) is 0 Å². The van der Waals surface area contributed by atoms with Gasteiger partial charge in [-0.1, -0.05) is 17.8 Å². The van der Waals surface area contributed by atoms with Crippen molar-refractivity contribution in [1.82, 2.24) is 24.6 Å². The lowest BCUT2D eigenvalue weighted by atomic mass is 10.2. The number of benzene rings is 1. The molecule has 0 bridgehead atoms. The van der Waals surface area contributed by atoms with Crippen molar-refractivity contribution in [3.63, 3.8) is 0 Å². The summed E-state index contributed by atoms with van der Waals surface area (Å²) in [5.74, 6) is 0.498. The Kier molecular flexibility index (Phi) is 3.66. The number of halogens is 1. The molecule has 2 heterocycles. The number of fused-ring (bicyclic) bond motifs is 1. The van der Waals surface area contributed by atoms with E-state index in [9.17, 15) is 10.1 Å². The van der Waals surface area contributed by atoms with Gasteiger partial charge in [0.15, 0.2) is 11.0 Å². The second-order valence-electron chi connectivity index (χ2n) is 4.11. The van der Waals surface area contributed by atoms with Crippen molar-refractivity contribution in [2.45, 2.75) is 5.16 Å². The number of rotatable bonds is 3. The van der Waals surface area contributed by atoms with E-state index in [2.05, 4.69) is 36.0 Å². The Labute approximate surface area is 136 Å². The molecule has 0 amide bonds. The zero-order valence-electron chi connectivity index (χ0n) is 11.1. The highest BCUT2D eigenvalue weighted by Gasteiger charge is 2.23. The Morgan fingerprint density at radius 1 is 1.36 bits per heavy atom. The number of nitrogen functional groups attached to an aromatic ring is 1. The van der Waals surface area contributed by atoms with Gasteiger partial charge >= 0.3 is 0 Å². The van der Waals surface area contributed by atoms with E-state index in [1.807, 2.05) is 0 Å². The molecule has 9 nitrogen and oxygen atoms in total. The first-order valence-electron chi connectivity index (χ1n) is 5.89. The van der Waals surface area contributed by atoms with Crippen LogP contribution in [0.25, 0.3) is 17.2 Å². The average Bonchev–Trinajstić information content (AvgIpc) is 2.90. The smallest absolute Gasteiger partial charge is 0.281 e. The van der Waals surface area contributed by atoms with Crippen molar-refractivity contribution in [2.75, 3.05) is 12.0 Å². The van der Waals surface area contributed by atoms with Crippen molar-refractivity contribution in [2.24, 2.45) is 0 Å². The summed E-state index contributed by atoms with van der Waals surface area (Å²) < 4.78 is 1.76. The molecule has 0 aliphatic rings. The number of nitro benzene ring substituents is 1. The molecule has 3 rings (SSSR count). The quantitative estimate of drug-likeness (QED) is 0.415. The number of thioether (sulfide) groups is 1. The third-order valence-corrected chi connectivity index (χ3v) is 4.02. The molecule has 112 valence electrons. The first-order chi connectivity index (χ1) is 10.5. The Morgan fingerprint density at radius 3 is 2.82 bits per heavy atom. The highest BCUT2D eigenvalue weighted by molar-refractivity contribution is 9.10. The van der Waals surface area contributed by atoms with Crippen molar-refractivity contribution < 1.29 is 4.92 Å². The molecule has 0 saturated carbocycles. The van der Waals surface area contributed by atoms with Gasteiger partial charge in [0.2, 0.25) is 5.95 Å². The van der Waals surface area contributed by atoms with E-state index in [0.717, 1.165) is 0 Å². The summed E-state index contributed by atoms with van der Waals surface area (Å²) in [4.78, 5) is 23.2. The topological polar surface area (TPSA) is 125 Å². The van der Waals surface area contributed by atoms with Crippen molar-refractivity contribution in [3.05, 3.63) is 32.8 Å². The summed E-state index contributed by atoms with van der Waals surface area (Å²) in [5.41, 5.74) is 5.97.